The predicted octanol–water partition coefficient (Wildman–Crippen LogP) is 26.4. The molecule has 0 bridgehead atoms. The SMILES string of the molecule is CCS(=O)(=O)c1ccc(C)cc1.COc1cc(C)c(F)cc1OC.COc1cc(C)cc(OC)c1.COc1cc(C)ccc1OC(F)F.COc1cc(OC(F)(F)F)ccc1C.COc1ccc(C)c(OC(F)(F)F)c1.COc1ccc(C)c(OC)c1.COc1ccc(OC)c(C)c1.Cc1ccc(OC(F)F)cc1OC(F)F.Cc1ccc(S(C)(=O)=O)c(C)c1.Cc1cccc2c1OCCO2.Cc1ccccc1OCCO. The normalized spacial score (nSPS) is 10.7. The van der Waals surface area contributed by atoms with Crippen molar-refractivity contribution in [2.45, 2.75) is 139 Å². The average molecular weight is 2120 g/mol. The second-order valence-corrected chi connectivity index (χ2v) is 35.0. The molecule has 0 atom stereocenters. The fourth-order valence-electron chi connectivity index (χ4n) is 11.9. The number of aryl methyl sites for hydroxylation is 13. The van der Waals surface area contributed by atoms with Gasteiger partial charge in [0.1, 0.15) is 100 Å². The molecule has 1 aliphatic heterocycles. The van der Waals surface area contributed by atoms with Gasteiger partial charge in [-0.05, 0) is 254 Å². The number of para-hydroxylation sites is 2. The van der Waals surface area contributed by atoms with E-state index in [0.29, 0.717) is 75.0 Å². The number of aliphatic hydroxyl groups is 1. The number of methoxy groups -OCH3 is 11. The van der Waals surface area contributed by atoms with E-state index in [1.807, 2.05) is 184 Å². The third-order valence-corrected chi connectivity index (χ3v) is 22.5. The van der Waals surface area contributed by atoms with Gasteiger partial charge >= 0.3 is 32.6 Å². The van der Waals surface area contributed by atoms with Crippen molar-refractivity contribution in [1.29, 1.82) is 0 Å². The highest BCUT2D eigenvalue weighted by Crippen LogP contribution is 2.37. The standard InChI is InChI=1S/C9H8F4O2.2C9H9F3O2.C9H10F2O2.C9H11FO2.2C9H12O2S.C9H10O2.4C9H12O2/c1-5-2-3-6(14-8(10)11)4-7(5)15-9(12)13;1-6-3-4-7(5-8(6)13-2)14-9(10,11)12;1-6-3-4-7(13-2)5-8(6)14-9(10,11)12;1-6-3-4-7(13-9(10)11)8(5-6)12-2;1-6-4-8(11-2)9(12-3)5-7(6)10;1-7-4-5-9(8(2)6-7)12(3,10)11;1-3-12(10,11)9-6-4-8(2)5-7-9;1-7-3-2-4-8-9(7)11-6-5-10-8;1-7-4-8(10-2)6-9(5-7)11-3;1-7-6-8(10-2)4-5-9(7)11-3;1-7-4-5-8(10-2)6-9(7)11-3;1-8-4-2-3-5-9(8)11-7-6-10/h2-4,8-9H,1H3;2*3-5H,1-2H3;3-5,9H,1-2H3;4-5H,1-3H3;4-6H,1-3H3;4-7H,3H2,1-2H3;2-4H,5-6H2,1H3;3*4-6H,1-3H3;2-5,10H,6-7H2,1H3. The molecule has 0 saturated carbocycles. The summed E-state index contributed by atoms with van der Waals surface area (Å²) in [6.07, 6.45) is -8.11. The van der Waals surface area contributed by atoms with E-state index in [1.165, 1.54) is 110 Å². The Balaban J connectivity index is 0.000000542. The zero-order valence-corrected chi connectivity index (χ0v) is 88.3. The van der Waals surface area contributed by atoms with Crippen molar-refractivity contribution in [3.63, 3.8) is 0 Å². The van der Waals surface area contributed by atoms with Crippen LogP contribution in [0.4, 0.5) is 57.1 Å². The molecule has 0 saturated heterocycles. The van der Waals surface area contributed by atoms with E-state index in [0.717, 1.165) is 113 Å². The highest BCUT2D eigenvalue weighted by Gasteiger charge is 2.33. The van der Waals surface area contributed by atoms with Crippen molar-refractivity contribution in [2.75, 3.05) is 117 Å². The minimum Gasteiger partial charge on any atom is -0.497 e. The van der Waals surface area contributed by atoms with E-state index in [-0.39, 0.29) is 46.9 Å². The molecular weight excluding hydrogens is 1990 g/mol. The zero-order chi connectivity index (χ0) is 111. The highest BCUT2D eigenvalue weighted by molar-refractivity contribution is 7.91. The summed E-state index contributed by atoms with van der Waals surface area (Å²) in [6.45, 7) is 18.6. The van der Waals surface area contributed by atoms with Crippen LogP contribution in [0.1, 0.15) is 79.2 Å². The Labute approximate surface area is 852 Å². The van der Waals surface area contributed by atoms with Gasteiger partial charge in [-0.25, -0.2) is 21.2 Å². The molecule has 1 N–H and O–H groups in total. The number of sulfone groups is 2. The van der Waals surface area contributed by atoms with Gasteiger partial charge in [-0.3, -0.25) is 0 Å². The van der Waals surface area contributed by atoms with Crippen molar-refractivity contribution in [3.8, 4) is 109 Å². The van der Waals surface area contributed by atoms with Gasteiger partial charge in [0, 0.05) is 42.7 Å². The topological polar surface area (TPSA) is 264 Å². The Morgan fingerprint density at radius 1 is 0.320 bits per heavy atom. The van der Waals surface area contributed by atoms with E-state index in [4.69, 9.17) is 71.4 Å². The molecule has 0 amide bonds. The number of halogens is 13. The van der Waals surface area contributed by atoms with Gasteiger partial charge in [-0.2, -0.15) is 26.3 Å². The first kappa shape index (κ1) is 129. The van der Waals surface area contributed by atoms with Crippen molar-refractivity contribution in [2.24, 2.45) is 0 Å². The average Bonchev–Trinajstić information content (AvgIpc) is 0.800. The smallest absolute Gasteiger partial charge is 0.497 e. The lowest BCUT2D eigenvalue weighted by molar-refractivity contribution is -0.275. The van der Waals surface area contributed by atoms with Crippen LogP contribution in [0.2, 0.25) is 0 Å². The zero-order valence-electron chi connectivity index (χ0n) is 86.7. The third-order valence-electron chi connectivity index (χ3n) is 19.4. The summed E-state index contributed by atoms with van der Waals surface area (Å²) >= 11 is 0. The maximum atomic E-state index is 12.9. The van der Waals surface area contributed by atoms with Crippen LogP contribution in [0.3, 0.4) is 0 Å². The minimum atomic E-state index is -4.67. The van der Waals surface area contributed by atoms with Crippen LogP contribution in [-0.4, -0.2) is 171 Å². The van der Waals surface area contributed by atoms with Crippen LogP contribution >= 0.6 is 0 Å². The maximum absolute atomic E-state index is 12.9. The largest absolute Gasteiger partial charge is 0.573 e. The second-order valence-electron chi connectivity index (χ2n) is 30.8. The predicted molar refractivity (Wildman–Crippen MR) is 539 cm³/mol. The number of ether oxygens (including phenoxy) is 19. The van der Waals surface area contributed by atoms with Gasteiger partial charge in [0.25, 0.3) is 0 Å². The molecule has 0 spiro atoms. The Bertz CT molecular complexity index is 6100. The van der Waals surface area contributed by atoms with Gasteiger partial charge < -0.3 is 95.1 Å². The van der Waals surface area contributed by atoms with Gasteiger partial charge in [0.15, 0.2) is 54.2 Å². The van der Waals surface area contributed by atoms with Crippen molar-refractivity contribution < 1.29 is 169 Å². The molecule has 12 aromatic rings. The summed E-state index contributed by atoms with van der Waals surface area (Å²) in [7, 11) is 11.0. The van der Waals surface area contributed by atoms with Crippen LogP contribution in [0.25, 0.3) is 0 Å². The van der Waals surface area contributed by atoms with Gasteiger partial charge in [0.2, 0.25) is 0 Å². The second kappa shape index (κ2) is 66.0. The summed E-state index contributed by atoms with van der Waals surface area (Å²) < 4.78 is 291. The quantitative estimate of drug-likeness (QED) is 0.0521. The number of rotatable bonds is 25. The fourth-order valence-corrected chi connectivity index (χ4v) is 13.8. The molecule has 1 heterocycles. The van der Waals surface area contributed by atoms with Crippen LogP contribution in [0, 0.1) is 95.8 Å². The van der Waals surface area contributed by atoms with Crippen LogP contribution < -0.4 is 90.0 Å². The lowest BCUT2D eigenvalue weighted by Crippen LogP contribution is -2.17. The monoisotopic (exact) mass is 2120 g/mol. The molecular formula is C108H129F13O24S2. The summed E-state index contributed by atoms with van der Waals surface area (Å²) in [6, 6.07) is 62.7. The summed E-state index contributed by atoms with van der Waals surface area (Å²) in [5.41, 5.74) is 11.6. The van der Waals surface area contributed by atoms with Crippen molar-refractivity contribution in [1.82, 2.24) is 0 Å². The lowest BCUT2D eigenvalue weighted by atomic mass is 10.2. The van der Waals surface area contributed by atoms with Crippen LogP contribution in [-0.2, 0) is 19.7 Å². The lowest BCUT2D eigenvalue weighted by Gasteiger charge is -2.19. The number of alkyl halides is 12. The van der Waals surface area contributed by atoms with E-state index < -0.39 is 52.2 Å². The van der Waals surface area contributed by atoms with Crippen molar-refractivity contribution >= 4 is 19.7 Å². The molecule has 0 aliphatic carbocycles. The molecule has 39 heteroatoms. The number of aliphatic hydroxyl groups excluding tert-OH is 1. The summed E-state index contributed by atoms with van der Waals surface area (Å²) in [5.74, 6) is 8.75. The molecule has 13 rings (SSSR count). The number of fused-ring (bicyclic) bond motifs is 1. The molecule has 12 aromatic carbocycles. The Kier molecular flexibility index (Phi) is 57.9. The fraction of sp³-hybridized carbons (Fsp3) is 0.333. The first-order valence-corrected chi connectivity index (χ1v) is 47.8. The highest BCUT2D eigenvalue weighted by atomic mass is 32.2. The molecule has 808 valence electrons. The Hall–Kier alpha value is -14.2. The molecule has 147 heavy (non-hydrogen) atoms. The molecule has 1 aliphatic rings. The van der Waals surface area contributed by atoms with Crippen molar-refractivity contribution in [3.05, 3.63) is 303 Å². The molecule has 0 aromatic heterocycles. The minimum absolute atomic E-state index is 0.0584. The van der Waals surface area contributed by atoms with Gasteiger partial charge in [-0.15, -0.1) is 26.3 Å². The van der Waals surface area contributed by atoms with Crippen LogP contribution in [0.5, 0.6) is 109 Å². The third kappa shape index (κ3) is 50.4. The summed E-state index contributed by atoms with van der Waals surface area (Å²) in [5, 5.41) is 8.49. The van der Waals surface area contributed by atoms with Crippen LogP contribution in [0.15, 0.2) is 234 Å². The Morgan fingerprint density at radius 2 is 0.728 bits per heavy atom. The van der Waals surface area contributed by atoms with E-state index >= 15 is 0 Å². The van der Waals surface area contributed by atoms with E-state index in [2.05, 4.69) is 23.7 Å². The molecule has 24 nitrogen and oxygen atoms in total. The maximum Gasteiger partial charge on any atom is 0.573 e. The number of hydrogen-bond acceptors (Lipinski definition) is 24. The summed E-state index contributed by atoms with van der Waals surface area (Å²) in [4.78, 5) is 0.837. The number of benzene rings is 12. The number of hydrogen-bond donors (Lipinski definition) is 1. The molecule has 0 radical (unpaired) electrons. The molecule has 0 fully saturated rings. The van der Waals surface area contributed by atoms with Gasteiger partial charge in [0.05, 0.1) is 100 Å². The first-order valence-electron chi connectivity index (χ1n) is 44.2. The van der Waals surface area contributed by atoms with E-state index in [1.54, 1.807) is 106 Å². The Morgan fingerprint density at radius 3 is 1.20 bits per heavy atom. The van der Waals surface area contributed by atoms with E-state index in [9.17, 15) is 73.9 Å². The first-order chi connectivity index (χ1) is 69.1. The van der Waals surface area contributed by atoms with Gasteiger partial charge in [-0.1, -0.05) is 103 Å². The molecule has 0 unspecified atom stereocenters.